The Balaban J connectivity index is 2.44. The van der Waals surface area contributed by atoms with Crippen LogP contribution in [0.25, 0.3) is 0 Å². The van der Waals surface area contributed by atoms with Crippen molar-refractivity contribution in [2.75, 3.05) is 6.61 Å². The van der Waals surface area contributed by atoms with Crippen molar-refractivity contribution in [1.82, 2.24) is 0 Å². The van der Waals surface area contributed by atoms with Gasteiger partial charge in [0, 0.05) is 10.4 Å². The second-order valence-electron chi connectivity index (χ2n) is 3.14. The van der Waals surface area contributed by atoms with Gasteiger partial charge in [0.2, 0.25) is 5.06 Å². The number of aryl methyl sites for hydroxylation is 1. The number of thiophene rings is 1. The molecule has 0 spiro atoms. The Kier molecular flexibility index (Phi) is 1.76. The third kappa shape index (κ3) is 1.08. The number of rotatable bonds is 0. The fraction of sp³-hybridized carbons (Fsp3) is 0.556. The molecule has 1 aliphatic heterocycles. The van der Waals surface area contributed by atoms with Gasteiger partial charge in [0.1, 0.15) is 12.7 Å². The van der Waals surface area contributed by atoms with Crippen LogP contribution in [0.15, 0.2) is 0 Å². The predicted octanol–water partition coefficient (Wildman–Crippen LogP) is 2.52. The van der Waals surface area contributed by atoms with Crippen LogP contribution in [0.2, 0.25) is 0 Å². The minimum atomic E-state index is 0.185. The molecular weight excluding hydrogens is 172 g/mol. The Morgan fingerprint density at radius 1 is 1.42 bits per heavy atom. The molecule has 1 aromatic rings. The van der Waals surface area contributed by atoms with Gasteiger partial charge in [0.05, 0.1) is 0 Å². The van der Waals surface area contributed by atoms with Crippen molar-refractivity contribution in [3.8, 4) is 10.8 Å². The SMILES string of the molecule is Cc1sc2c(c1C)OC(C)CO2. The second-order valence-corrected chi connectivity index (χ2v) is 4.33. The normalized spacial score (nSPS) is 21.1. The van der Waals surface area contributed by atoms with Gasteiger partial charge in [0.25, 0.3) is 0 Å². The molecule has 66 valence electrons. The van der Waals surface area contributed by atoms with Gasteiger partial charge in [-0.25, -0.2) is 0 Å². The third-order valence-electron chi connectivity index (χ3n) is 2.07. The highest BCUT2D eigenvalue weighted by Crippen LogP contribution is 2.43. The first kappa shape index (κ1) is 7.92. The van der Waals surface area contributed by atoms with Crippen LogP contribution in [0.5, 0.6) is 10.8 Å². The molecule has 1 aromatic heterocycles. The van der Waals surface area contributed by atoms with Gasteiger partial charge >= 0.3 is 0 Å². The van der Waals surface area contributed by atoms with Gasteiger partial charge in [-0.1, -0.05) is 0 Å². The molecule has 1 unspecified atom stereocenters. The average Bonchev–Trinajstić information content (AvgIpc) is 2.31. The number of hydrogen-bond donors (Lipinski definition) is 0. The summed E-state index contributed by atoms with van der Waals surface area (Å²) < 4.78 is 11.2. The highest BCUT2D eigenvalue weighted by Gasteiger charge is 2.22. The molecule has 2 heterocycles. The van der Waals surface area contributed by atoms with E-state index in [2.05, 4.69) is 13.8 Å². The van der Waals surface area contributed by atoms with Crippen molar-refractivity contribution < 1.29 is 9.47 Å². The first-order valence-corrected chi connectivity index (χ1v) is 4.89. The Hall–Kier alpha value is -0.700. The van der Waals surface area contributed by atoms with Crippen molar-refractivity contribution in [3.05, 3.63) is 10.4 Å². The van der Waals surface area contributed by atoms with Crippen LogP contribution in [0.1, 0.15) is 17.4 Å². The number of hydrogen-bond acceptors (Lipinski definition) is 3. The molecule has 0 fully saturated rings. The predicted molar refractivity (Wildman–Crippen MR) is 49.4 cm³/mol. The summed E-state index contributed by atoms with van der Waals surface area (Å²) in [6.45, 7) is 6.86. The third-order valence-corrected chi connectivity index (χ3v) is 3.17. The summed E-state index contributed by atoms with van der Waals surface area (Å²) in [5.41, 5.74) is 1.22. The maximum absolute atomic E-state index is 5.67. The van der Waals surface area contributed by atoms with Crippen molar-refractivity contribution in [1.29, 1.82) is 0 Å². The number of ether oxygens (including phenoxy) is 2. The van der Waals surface area contributed by atoms with Crippen molar-refractivity contribution >= 4 is 11.3 Å². The molecule has 0 amide bonds. The molecule has 1 atom stereocenters. The summed E-state index contributed by atoms with van der Waals surface area (Å²) in [4.78, 5) is 1.29. The van der Waals surface area contributed by atoms with Crippen LogP contribution in [-0.2, 0) is 0 Å². The average molecular weight is 184 g/mol. The first-order valence-electron chi connectivity index (χ1n) is 4.08. The van der Waals surface area contributed by atoms with E-state index in [1.807, 2.05) is 6.92 Å². The van der Waals surface area contributed by atoms with Gasteiger partial charge in [0.15, 0.2) is 5.75 Å². The van der Waals surface area contributed by atoms with Crippen LogP contribution < -0.4 is 9.47 Å². The van der Waals surface area contributed by atoms with E-state index in [1.165, 1.54) is 10.4 Å². The summed E-state index contributed by atoms with van der Waals surface area (Å²) in [5.74, 6) is 0.955. The number of fused-ring (bicyclic) bond motifs is 1. The lowest BCUT2D eigenvalue weighted by Gasteiger charge is -2.21. The lowest BCUT2D eigenvalue weighted by molar-refractivity contribution is 0.108. The zero-order chi connectivity index (χ0) is 8.72. The van der Waals surface area contributed by atoms with Gasteiger partial charge in [-0.2, -0.15) is 0 Å². The quantitative estimate of drug-likeness (QED) is 0.617. The molecule has 0 bridgehead atoms. The largest absolute Gasteiger partial charge is 0.482 e. The van der Waals surface area contributed by atoms with Crippen molar-refractivity contribution in [2.45, 2.75) is 26.9 Å². The van der Waals surface area contributed by atoms with Crippen LogP contribution in [0.4, 0.5) is 0 Å². The highest BCUT2D eigenvalue weighted by atomic mass is 32.1. The molecular formula is C9H12O2S. The van der Waals surface area contributed by atoms with Crippen LogP contribution in [-0.4, -0.2) is 12.7 Å². The van der Waals surface area contributed by atoms with Gasteiger partial charge in [-0.3, -0.25) is 0 Å². The van der Waals surface area contributed by atoms with E-state index in [9.17, 15) is 0 Å². The van der Waals surface area contributed by atoms with Gasteiger partial charge < -0.3 is 9.47 Å². The van der Waals surface area contributed by atoms with E-state index in [0.717, 1.165) is 10.8 Å². The maximum atomic E-state index is 5.67. The molecule has 0 radical (unpaired) electrons. The van der Waals surface area contributed by atoms with E-state index in [4.69, 9.17) is 9.47 Å². The van der Waals surface area contributed by atoms with Crippen LogP contribution in [0, 0.1) is 13.8 Å². The lowest BCUT2D eigenvalue weighted by Crippen LogP contribution is -2.25. The zero-order valence-electron chi connectivity index (χ0n) is 7.51. The molecule has 12 heavy (non-hydrogen) atoms. The molecule has 2 rings (SSSR count). The van der Waals surface area contributed by atoms with E-state index >= 15 is 0 Å². The topological polar surface area (TPSA) is 18.5 Å². The van der Waals surface area contributed by atoms with Gasteiger partial charge in [-0.05, 0) is 20.8 Å². The Bertz CT molecular complexity index is 304. The van der Waals surface area contributed by atoms with E-state index in [1.54, 1.807) is 11.3 Å². The molecule has 2 nitrogen and oxygen atoms in total. The summed E-state index contributed by atoms with van der Waals surface area (Å²) in [6.07, 6.45) is 0.185. The fourth-order valence-corrected chi connectivity index (χ4v) is 2.18. The van der Waals surface area contributed by atoms with E-state index in [0.29, 0.717) is 6.61 Å². The molecule has 3 heteroatoms. The molecule has 0 saturated heterocycles. The molecule has 0 saturated carbocycles. The van der Waals surface area contributed by atoms with Gasteiger partial charge in [-0.15, -0.1) is 11.3 Å². The minimum absolute atomic E-state index is 0.185. The standard InChI is InChI=1S/C9H12O2S/c1-5-4-10-9-8(11-5)6(2)7(3)12-9/h5H,4H2,1-3H3. The van der Waals surface area contributed by atoms with Crippen molar-refractivity contribution in [2.24, 2.45) is 0 Å². The second kappa shape index (κ2) is 2.66. The Morgan fingerprint density at radius 3 is 2.92 bits per heavy atom. The first-order chi connectivity index (χ1) is 5.68. The smallest absolute Gasteiger partial charge is 0.217 e. The zero-order valence-corrected chi connectivity index (χ0v) is 8.33. The minimum Gasteiger partial charge on any atom is -0.482 e. The molecule has 0 N–H and O–H groups in total. The molecule has 0 aliphatic carbocycles. The van der Waals surface area contributed by atoms with E-state index < -0.39 is 0 Å². The maximum Gasteiger partial charge on any atom is 0.217 e. The van der Waals surface area contributed by atoms with Crippen LogP contribution >= 0.6 is 11.3 Å². The molecule has 0 aromatic carbocycles. The summed E-state index contributed by atoms with van der Waals surface area (Å²) in [6, 6.07) is 0. The Labute approximate surface area is 76.1 Å². The van der Waals surface area contributed by atoms with Crippen LogP contribution in [0.3, 0.4) is 0 Å². The highest BCUT2D eigenvalue weighted by molar-refractivity contribution is 7.14. The Morgan fingerprint density at radius 2 is 2.17 bits per heavy atom. The monoisotopic (exact) mass is 184 g/mol. The van der Waals surface area contributed by atoms with E-state index in [-0.39, 0.29) is 6.10 Å². The molecule has 1 aliphatic rings. The summed E-state index contributed by atoms with van der Waals surface area (Å²) in [7, 11) is 0. The van der Waals surface area contributed by atoms with Crippen molar-refractivity contribution in [3.63, 3.8) is 0 Å². The summed E-state index contributed by atoms with van der Waals surface area (Å²) >= 11 is 1.67. The fourth-order valence-electron chi connectivity index (χ4n) is 1.23. The summed E-state index contributed by atoms with van der Waals surface area (Å²) in [5, 5.41) is 0.947. The lowest BCUT2D eigenvalue weighted by atomic mass is 10.2.